The van der Waals surface area contributed by atoms with Crippen LogP contribution in [0.3, 0.4) is 0 Å². The molecule has 1 amide bonds. The normalized spacial score (nSPS) is 12.7. The molecule has 0 atom stereocenters. The molecule has 2 aromatic carbocycles. The number of nitrogens with one attached hydrogen (secondary N) is 2. The summed E-state index contributed by atoms with van der Waals surface area (Å²) in [5.41, 5.74) is 1.58. The van der Waals surface area contributed by atoms with Gasteiger partial charge in [-0.15, -0.1) is 0 Å². The number of amides is 1. The zero-order valence-corrected chi connectivity index (χ0v) is 24.3. The van der Waals surface area contributed by atoms with Crippen molar-refractivity contribution in [3.05, 3.63) is 82.2 Å². The minimum absolute atomic E-state index is 0.120. The number of ether oxygens (including phenoxy) is 1. The maximum Gasteiger partial charge on any atom is 0.337 e. The fourth-order valence-corrected chi connectivity index (χ4v) is 5.24. The lowest BCUT2D eigenvalue weighted by Gasteiger charge is -2.29. The number of nitrogens with zero attached hydrogens (tertiary/aromatic N) is 5. The molecule has 41 heavy (non-hydrogen) atoms. The van der Waals surface area contributed by atoms with Gasteiger partial charge in [-0.3, -0.25) is 14.2 Å². The van der Waals surface area contributed by atoms with E-state index >= 15 is 0 Å². The third kappa shape index (κ3) is 6.27. The molecule has 214 valence electrons. The fraction of sp³-hybridized carbons (Fsp3) is 0.276. The maximum absolute atomic E-state index is 13.3. The van der Waals surface area contributed by atoms with Gasteiger partial charge in [-0.2, -0.15) is 16.7 Å². The zero-order chi connectivity index (χ0) is 29.5. The van der Waals surface area contributed by atoms with Crippen LogP contribution in [0.2, 0.25) is 0 Å². The average Bonchev–Trinajstić information content (AvgIpc) is 3.01. The summed E-state index contributed by atoms with van der Waals surface area (Å²) in [6, 6.07) is 12.5. The number of carbonyl (C=O) groups excluding carboxylic acids is 1. The van der Waals surface area contributed by atoms with Crippen LogP contribution in [0, 0.1) is 0 Å². The Bertz CT molecular complexity index is 1690. The number of methoxy groups -OCH3 is 1. The van der Waals surface area contributed by atoms with E-state index in [9.17, 15) is 14.4 Å². The highest BCUT2D eigenvalue weighted by molar-refractivity contribution is 7.99. The van der Waals surface area contributed by atoms with E-state index in [-0.39, 0.29) is 17.0 Å². The molecular formula is C29H33N7O4S. The highest BCUT2D eigenvalue weighted by atomic mass is 32.2. The van der Waals surface area contributed by atoms with Gasteiger partial charge in [-0.25, -0.2) is 14.3 Å². The van der Waals surface area contributed by atoms with E-state index in [1.807, 2.05) is 43.8 Å². The van der Waals surface area contributed by atoms with Crippen molar-refractivity contribution in [2.24, 2.45) is 7.05 Å². The van der Waals surface area contributed by atoms with Crippen molar-refractivity contribution in [1.29, 1.82) is 0 Å². The molecule has 0 aliphatic carbocycles. The lowest BCUT2D eigenvalue weighted by atomic mass is 10.2. The van der Waals surface area contributed by atoms with Gasteiger partial charge in [0.25, 0.3) is 5.56 Å². The average molecular weight is 576 g/mol. The van der Waals surface area contributed by atoms with Gasteiger partial charge in [0.15, 0.2) is 5.65 Å². The molecule has 1 saturated heterocycles. The number of fused-ring (bicyclic) bond motifs is 1. The van der Waals surface area contributed by atoms with Crippen LogP contribution in [0.25, 0.3) is 16.7 Å². The molecule has 0 spiro atoms. The molecule has 5 rings (SSSR count). The van der Waals surface area contributed by atoms with Crippen molar-refractivity contribution >= 4 is 51.7 Å². The first-order valence-corrected chi connectivity index (χ1v) is 14.4. The molecule has 2 N–H and O–H groups in total. The molecule has 12 heteroatoms. The Morgan fingerprint density at radius 2 is 1.85 bits per heavy atom. The van der Waals surface area contributed by atoms with Crippen LogP contribution in [0.15, 0.2) is 70.9 Å². The van der Waals surface area contributed by atoms with Crippen molar-refractivity contribution < 1.29 is 9.53 Å². The minimum Gasteiger partial charge on any atom is -0.494 e. The number of thioether (sulfide) groups is 1. The molecule has 0 unspecified atom stereocenters. The van der Waals surface area contributed by atoms with E-state index in [0.29, 0.717) is 22.8 Å². The monoisotopic (exact) mass is 575 g/mol. The van der Waals surface area contributed by atoms with Gasteiger partial charge in [0.2, 0.25) is 11.9 Å². The largest absolute Gasteiger partial charge is 0.494 e. The summed E-state index contributed by atoms with van der Waals surface area (Å²) in [6.45, 7) is 9.40. The lowest BCUT2D eigenvalue weighted by Crippen LogP contribution is -2.38. The van der Waals surface area contributed by atoms with Crippen molar-refractivity contribution in [2.45, 2.75) is 13.8 Å². The van der Waals surface area contributed by atoms with E-state index in [4.69, 9.17) is 4.74 Å². The second kappa shape index (κ2) is 13.2. The second-order valence-electron chi connectivity index (χ2n) is 8.77. The van der Waals surface area contributed by atoms with Crippen molar-refractivity contribution in [2.75, 3.05) is 47.2 Å². The van der Waals surface area contributed by atoms with E-state index in [0.717, 1.165) is 40.9 Å². The standard InChI is InChI=1S/C27H27N7O4S.C2H6/c1-4-23(35)29-17-6-5-7-19(14-17)34-24-20(25(36)32(2)27(34)37)16-28-26(31-24)30-21-9-8-18(15-22(21)38-3)33-10-12-39-13-11-33;1-2/h4-9,14-16H,1,10-13H2,2-3H3,(H,29,35)(H,28,30,31);1-2H3. The molecule has 1 aliphatic rings. The third-order valence-corrected chi connectivity index (χ3v) is 7.30. The Kier molecular flexibility index (Phi) is 9.45. The van der Waals surface area contributed by atoms with Gasteiger partial charge in [-0.05, 0) is 36.4 Å². The molecule has 4 aromatic rings. The summed E-state index contributed by atoms with van der Waals surface area (Å²) >= 11 is 1.94. The third-order valence-electron chi connectivity index (χ3n) is 6.36. The van der Waals surface area contributed by atoms with Crippen LogP contribution in [0.5, 0.6) is 5.75 Å². The zero-order valence-electron chi connectivity index (χ0n) is 23.5. The quantitative estimate of drug-likeness (QED) is 0.316. The van der Waals surface area contributed by atoms with Gasteiger partial charge < -0.3 is 20.3 Å². The molecule has 0 saturated carbocycles. The summed E-state index contributed by atoms with van der Waals surface area (Å²) in [5.74, 6) is 2.57. The minimum atomic E-state index is -0.592. The summed E-state index contributed by atoms with van der Waals surface area (Å²) < 4.78 is 7.94. The molecule has 1 aliphatic heterocycles. The summed E-state index contributed by atoms with van der Waals surface area (Å²) in [4.78, 5) is 49.2. The number of anilines is 4. The Hall–Kier alpha value is -4.58. The smallest absolute Gasteiger partial charge is 0.337 e. The number of carbonyl (C=O) groups is 1. The number of rotatable bonds is 7. The first kappa shape index (κ1) is 29.4. The second-order valence-corrected chi connectivity index (χ2v) is 9.99. The van der Waals surface area contributed by atoms with Gasteiger partial charge in [0, 0.05) is 55.3 Å². The molecular weight excluding hydrogens is 542 g/mol. The van der Waals surface area contributed by atoms with E-state index in [2.05, 4.69) is 32.1 Å². The van der Waals surface area contributed by atoms with Crippen LogP contribution in [-0.2, 0) is 11.8 Å². The Balaban J connectivity index is 0.00000189. The van der Waals surface area contributed by atoms with Gasteiger partial charge >= 0.3 is 5.69 Å². The number of benzene rings is 2. The first-order valence-electron chi connectivity index (χ1n) is 13.2. The molecule has 0 radical (unpaired) electrons. The van der Waals surface area contributed by atoms with Gasteiger partial charge in [0.05, 0.1) is 18.5 Å². The van der Waals surface area contributed by atoms with Crippen LogP contribution < -0.4 is 31.5 Å². The van der Waals surface area contributed by atoms with Gasteiger partial charge in [0.1, 0.15) is 11.1 Å². The highest BCUT2D eigenvalue weighted by Gasteiger charge is 2.18. The SMILES string of the molecule is C=CC(=O)Nc1cccc(-n2c(=O)n(C)c(=O)c3cnc(Nc4ccc(N5CCSCC5)cc4OC)nc32)c1.CC. The predicted molar refractivity (Wildman–Crippen MR) is 166 cm³/mol. The number of hydrogen-bond donors (Lipinski definition) is 2. The molecule has 1 fully saturated rings. The molecule has 3 heterocycles. The van der Waals surface area contributed by atoms with E-state index < -0.39 is 17.2 Å². The predicted octanol–water partition coefficient (Wildman–Crippen LogP) is 3.94. The number of hydrogen-bond acceptors (Lipinski definition) is 9. The Labute approximate surface area is 241 Å². The van der Waals surface area contributed by atoms with Crippen LogP contribution >= 0.6 is 11.8 Å². The summed E-state index contributed by atoms with van der Waals surface area (Å²) in [6.07, 6.45) is 2.54. The highest BCUT2D eigenvalue weighted by Crippen LogP contribution is 2.32. The van der Waals surface area contributed by atoms with Crippen LogP contribution in [0.4, 0.5) is 23.0 Å². The first-order chi connectivity index (χ1) is 19.9. The van der Waals surface area contributed by atoms with E-state index in [1.54, 1.807) is 31.4 Å². The fourth-order valence-electron chi connectivity index (χ4n) is 4.33. The number of aromatic nitrogens is 4. The summed E-state index contributed by atoms with van der Waals surface area (Å²) in [7, 11) is 2.99. The van der Waals surface area contributed by atoms with Crippen molar-refractivity contribution in [1.82, 2.24) is 19.1 Å². The van der Waals surface area contributed by atoms with Crippen LogP contribution in [0.1, 0.15) is 13.8 Å². The Morgan fingerprint density at radius 1 is 1.10 bits per heavy atom. The molecule has 2 aromatic heterocycles. The topological polar surface area (TPSA) is 123 Å². The van der Waals surface area contributed by atoms with Crippen molar-refractivity contribution in [3.8, 4) is 11.4 Å². The van der Waals surface area contributed by atoms with Crippen LogP contribution in [-0.4, -0.2) is 56.7 Å². The molecule has 11 nitrogen and oxygen atoms in total. The van der Waals surface area contributed by atoms with Crippen molar-refractivity contribution in [3.63, 3.8) is 0 Å². The maximum atomic E-state index is 13.3. The van der Waals surface area contributed by atoms with E-state index in [1.165, 1.54) is 17.8 Å². The summed E-state index contributed by atoms with van der Waals surface area (Å²) in [5, 5.41) is 6.00. The lowest BCUT2D eigenvalue weighted by molar-refractivity contribution is -0.111. The molecule has 0 bridgehead atoms. The van der Waals surface area contributed by atoms with Gasteiger partial charge in [-0.1, -0.05) is 26.5 Å². The Morgan fingerprint density at radius 3 is 2.56 bits per heavy atom.